The number of thiophene rings is 1. The molecule has 1 aromatic heterocycles. The molecule has 1 heterocycles. The van der Waals surface area contributed by atoms with Gasteiger partial charge in [0, 0.05) is 11.4 Å². The first-order valence-electron chi connectivity index (χ1n) is 7.14. The number of hydrogen-bond donors (Lipinski definition) is 1. The van der Waals surface area contributed by atoms with E-state index in [0.29, 0.717) is 6.54 Å². The SMILES string of the molecule is CCc1cc(C(=O)NCCc2ccc(OC)cc2)sc1C. The Labute approximate surface area is 130 Å². The maximum atomic E-state index is 12.1. The van der Waals surface area contributed by atoms with E-state index in [1.165, 1.54) is 16.0 Å². The van der Waals surface area contributed by atoms with Crippen LogP contribution in [0.4, 0.5) is 0 Å². The fourth-order valence-electron chi connectivity index (χ4n) is 2.18. The topological polar surface area (TPSA) is 38.3 Å². The summed E-state index contributed by atoms with van der Waals surface area (Å²) in [6.07, 6.45) is 1.79. The first-order chi connectivity index (χ1) is 10.1. The summed E-state index contributed by atoms with van der Waals surface area (Å²) in [5.41, 5.74) is 2.45. The van der Waals surface area contributed by atoms with Crippen LogP contribution < -0.4 is 10.1 Å². The van der Waals surface area contributed by atoms with Gasteiger partial charge in [-0.3, -0.25) is 4.79 Å². The summed E-state index contributed by atoms with van der Waals surface area (Å²) in [4.78, 5) is 14.1. The molecule has 1 amide bonds. The molecule has 3 nitrogen and oxygen atoms in total. The van der Waals surface area contributed by atoms with Crippen molar-refractivity contribution in [2.24, 2.45) is 0 Å². The third-order valence-electron chi connectivity index (χ3n) is 3.48. The van der Waals surface area contributed by atoms with Gasteiger partial charge < -0.3 is 10.1 Å². The summed E-state index contributed by atoms with van der Waals surface area (Å²) in [6.45, 7) is 4.82. The summed E-state index contributed by atoms with van der Waals surface area (Å²) in [5, 5.41) is 2.98. The Balaban J connectivity index is 1.85. The molecule has 112 valence electrons. The van der Waals surface area contributed by atoms with Crippen LogP contribution in [0.5, 0.6) is 5.75 Å². The van der Waals surface area contributed by atoms with Crippen LogP contribution in [-0.4, -0.2) is 19.6 Å². The van der Waals surface area contributed by atoms with Gasteiger partial charge in [0.1, 0.15) is 5.75 Å². The predicted octanol–water partition coefficient (Wildman–Crippen LogP) is 3.60. The van der Waals surface area contributed by atoms with Gasteiger partial charge in [0.05, 0.1) is 12.0 Å². The van der Waals surface area contributed by atoms with Crippen molar-refractivity contribution in [2.75, 3.05) is 13.7 Å². The summed E-state index contributed by atoms with van der Waals surface area (Å²) in [5.74, 6) is 0.875. The molecular formula is C17H21NO2S. The number of methoxy groups -OCH3 is 1. The van der Waals surface area contributed by atoms with E-state index in [1.54, 1.807) is 18.4 Å². The quantitative estimate of drug-likeness (QED) is 0.885. The lowest BCUT2D eigenvalue weighted by Gasteiger charge is -2.05. The lowest BCUT2D eigenvalue weighted by Crippen LogP contribution is -2.24. The summed E-state index contributed by atoms with van der Waals surface area (Å²) < 4.78 is 5.13. The number of ether oxygens (including phenoxy) is 1. The number of amides is 1. The molecule has 0 radical (unpaired) electrons. The van der Waals surface area contributed by atoms with E-state index in [9.17, 15) is 4.79 Å². The average molecular weight is 303 g/mol. The number of carbonyl (C=O) groups excluding carboxylic acids is 1. The molecule has 0 spiro atoms. The summed E-state index contributed by atoms with van der Waals surface area (Å²) >= 11 is 1.57. The summed E-state index contributed by atoms with van der Waals surface area (Å²) in [7, 11) is 1.66. The maximum Gasteiger partial charge on any atom is 0.261 e. The van der Waals surface area contributed by atoms with E-state index < -0.39 is 0 Å². The van der Waals surface area contributed by atoms with Crippen molar-refractivity contribution < 1.29 is 9.53 Å². The highest BCUT2D eigenvalue weighted by Gasteiger charge is 2.10. The molecule has 0 unspecified atom stereocenters. The van der Waals surface area contributed by atoms with Crippen LogP contribution in [0.1, 0.15) is 32.6 Å². The fraction of sp³-hybridized carbons (Fsp3) is 0.353. The van der Waals surface area contributed by atoms with E-state index >= 15 is 0 Å². The standard InChI is InChI=1S/C17H21NO2S/c1-4-14-11-16(21-12(14)2)17(19)18-10-9-13-5-7-15(20-3)8-6-13/h5-8,11H,4,9-10H2,1-3H3,(H,18,19). The third kappa shape index (κ3) is 4.08. The van der Waals surface area contributed by atoms with E-state index in [4.69, 9.17) is 4.74 Å². The summed E-state index contributed by atoms with van der Waals surface area (Å²) in [6, 6.07) is 9.92. The van der Waals surface area contributed by atoms with Gasteiger partial charge in [-0.15, -0.1) is 11.3 Å². The molecule has 0 bridgehead atoms. The van der Waals surface area contributed by atoms with Crippen molar-refractivity contribution >= 4 is 17.2 Å². The first-order valence-corrected chi connectivity index (χ1v) is 7.96. The van der Waals surface area contributed by atoms with Crippen LogP contribution in [0.15, 0.2) is 30.3 Å². The van der Waals surface area contributed by atoms with Gasteiger partial charge in [0.15, 0.2) is 0 Å². The molecule has 0 fully saturated rings. The first kappa shape index (κ1) is 15.6. The van der Waals surface area contributed by atoms with E-state index in [0.717, 1.165) is 23.5 Å². The number of carbonyl (C=O) groups is 1. The molecule has 0 saturated heterocycles. The highest BCUT2D eigenvalue weighted by molar-refractivity contribution is 7.14. The van der Waals surface area contributed by atoms with Gasteiger partial charge in [0.25, 0.3) is 5.91 Å². The zero-order valence-corrected chi connectivity index (χ0v) is 13.5. The molecule has 1 N–H and O–H groups in total. The zero-order valence-electron chi connectivity index (χ0n) is 12.7. The van der Waals surface area contributed by atoms with Crippen LogP contribution in [0.3, 0.4) is 0 Å². The van der Waals surface area contributed by atoms with Gasteiger partial charge in [-0.1, -0.05) is 19.1 Å². The molecule has 0 aliphatic rings. The van der Waals surface area contributed by atoms with Crippen LogP contribution in [0, 0.1) is 6.92 Å². The Morgan fingerprint density at radius 3 is 2.57 bits per heavy atom. The van der Waals surface area contributed by atoms with Crippen LogP contribution in [-0.2, 0) is 12.8 Å². The Morgan fingerprint density at radius 2 is 2.00 bits per heavy atom. The van der Waals surface area contributed by atoms with E-state index in [-0.39, 0.29) is 5.91 Å². The normalized spacial score (nSPS) is 10.4. The zero-order chi connectivity index (χ0) is 15.2. The predicted molar refractivity (Wildman–Crippen MR) is 87.5 cm³/mol. The Morgan fingerprint density at radius 1 is 1.29 bits per heavy atom. The highest BCUT2D eigenvalue weighted by Crippen LogP contribution is 2.21. The molecule has 0 atom stereocenters. The molecule has 0 saturated carbocycles. The maximum absolute atomic E-state index is 12.1. The Kier molecular flexibility index (Phi) is 5.39. The molecule has 1 aromatic carbocycles. The van der Waals surface area contributed by atoms with Gasteiger partial charge in [-0.25, -0.2) is 0 Å². The second-order valence-corrected chi connectivity index (χ2v) is 6.16. The van der Waals surface area contributed by atoms with Crippen LogP contribution >= 0.6 is 11.3 Å². The van der Waals surface area contributed by atoms with E-state index in [2.05, 4.69) is 19.2 Å². The van der Waals surface area contributed by atoms with Gasteiger partial charge in [-0.05, 0) is 49.1 Å². The molecule has 0 aliphatic heterocycles. The number of aryl methyl sites for hydroxylation is 2. The second-order valence-electron chi connectivity index (χ2n) is 4.90. The van der Waals surface area contributed by atoms with Crippen LogP contribution in [0.2, 0.25) is 0 Å². The van der Waals surface area contributed by atoms with Crippen LogP contribution in [0.25, 0.3) is 0 Å². The Hall–Kier alpha value is -1.81. The average Bonchev–Trinajstić information content (AvgIpc) is 2.89. The molecular weight excluding hydrogens is 282 g/mol. The largest absolute Gasteiger partial charge is 0.497 e. The highest BCUT2D eigenvalue weighted by atomic mass is 32.1. The lowest BCUT2D eigenvalue weighted by atomic mass is 10.1. The molecule has 0 aliphatic carbocycles. The minimum atomic E-state index is 0.0244. The van der Waals surface area contributed by atoms with Gasteiger partial charge >= 0.3 is 0 Å². The van der Waals surface area contributed by atoms with Crippen molar-refractivity contribution in [1.29, 1.82) is 0 Å². The number of hydrogen-bond acceptors (Lipinski definition) is 3. The molecule has 2 aromatic rings. The minimum Gasteiger partial charge on any atom is -0.497 e. The second kappa shape index (κ2) is 7.27. The Bertz CT molecular complexity index is 602. The van der Waals surface area contributed by atoms with Crippen molar-refractivity contribution in [2.45, 2.75) is 26.7 Å². The van der Waals surface area contributed by atoms with Crippen molar-refractivity contribution in [3.63, 3.8) is 0 Å². The van der Waals surface area contributed by atoms with Crippen molar-refractivity contribution in [3.8, 4) is 5.75 Å². The van der Waals surface area contributed by atoms with Gasteiger partial charge in [0.2, 0.25) is 0 Å². The molecule has 21 heavy (non-hydrogen) atoms. The molecule has 4 heteroatoms. The fourth-order valence-corrected chi connectivity index (χ4v) is 3.21. The van der Waals surface area contributed by atoms with E-state index in [1.807, 2.05) is 30.3 Å². The minimum absolute atomic E-state index is 0.0244. The monoisotopic (exact) mass is 303 g/mol. The third-order valence-corrected chi connectivity index (χ3v) is 4.58. The smallest absolute Gasteiger partial charge is 0.261 e. The van der Waals surface area contributed by atoms with Gasteiger partial charge in [-0.2, -0.15) is 0 Å². The number of nitrogens with one attached hydrogen (secondary N) is 1. The van der Waals surface area contributed by atoms with Crippen molar-refractivity contribution in [1.82, 2.24) is 5.32 Å². The lowest BCUT2D eigenvalue weighted by molar-refractivity contribution is 0.0958. The van der Waals surface area contributed by atoms with Crippen molar-refractivity contribution in [3.05, 3.63) is 51.2 Å². The number of benzene rings is 1. The molecule has 2 rings (SSSR count). The number of rotatable bonds is 6.